The van der Waals surface area contributed by atoms with Crippen LogP contribution in [-0.2, 0) is 6.42 Å². The molecule has 2 rings (SSSR count). The second-order valence-corrected chi connectivity index (χ2v) is 4.42. The van der Waals surface area contributed by atoms with Gasteiger partial charge in [0, 0.05) is 13.1 Å². The molecule has 0 aliphatic rings. The molecule has 5 heteroatoms. The first-order chi connectivity index (χ1) is 9.17. The molecule has 2 N–H and O–H groups in total. The molecule has 0 saturated heterocycles. The van der Waals surface area contributed by atoms with Crippen LogP contribution in [0.2, 0.25) is 0 Å². The summed E-state index contributed by atoms with van der Waals surface area (Å²) in [6.07, 6.45) is 4.14. The monoisotopic (exact) mass is 260 g/mol. The number of benzene rings is 1. The van der Waals surface area contributed by atoms with Crippen molar-refractivity contribution in [3.8, 4) is 0 Å². The van der Waals surface area contributed by atoms with Crippen molar-refractivity contribution >= 4 is 11.6 Å². The van der Waals surface area contributed by atoms with E-state index < -0.39 is 0 Å². The summed E-state index contributed by atoms with van der Waals surface area (Å²) in [7, 11) is 1.80. The fourth-order valence-corrected chi connectivity index (χ4v) is 1.83. The summed E-state index contributed by atoms with van der Waals surface area (Å²) in [5, 5.41) is 6.21. The molecule has 1 heterocycles. The Morgan fingerprint density at radius 1 is 1.16 bits per heavy atom. The Morgan fingerprint density at radius 2 is 1.84 bits per heavy atom. The number of hydrogen-bond acceptors (Lipinski definition) is 4. The summed E-state index contributed by atoms with van der Waals surface area (Å²) in [4.78, 5) is 8.43. The van der Waals surface area contributed by atoms with Gasteiger partial charge in [-0.3, -0.25) is 4.98 Å². The van der Waals surface area contributed by atoms with Crippen LogP contribution in [-0.4, -0.2) is 23.1 Å². The minimum Gasteiger partial charge on any atom is -0.372 e. The van der Waals surface area contributed by atoms with E-state index >= 15 is 0 Å². The average molecular weight is 260 g/mol. The molecule has 0 fully saturated rings. The van der Waals surface area contributed by atoms with Crippen LogP contribution in [0.3, 0.4) is 0 Å². The fraction of sp³-hybridized carbons (Fsp3) is 0.286. The molecule has 19 heavy (non-hydrogen) atoms. The summed E-state index contributed by atoms with van der Waals surface area (Å²) in [6.45, 7) is 2.05. The Morgan fingerprint density at radius 3 is 2.53 bits per heavy atom. The summed E-state index contributed by atoms with van der Waals surface area (Å²) < 4.78 is 12.8. The number of hydrogen-bond donors (Lipinski definition) is 2. The zero-order chi connectivity index (χ0) is 13.7. The van der Waals surface area contributed by atoms with Gasteiger partial charge in [-0.25, -0.2) is 9.37 Å². The maximum Gasteiger partial charge on any atom is 0.147 e. The van der Waals surface area contributed by atoms with Crippen molar-refractivity contribution in [3.05, 3.63) is 48.0 Å². The van der Waals surface area contributed by atoms with Gasteiger partial charge in [0.2, 0.25) is 0 Å². The minimum absolute atomic E-state index is 0.187. The van der Waals surface area contributed by atoms with Crippen LogP contribution in [0.4, 0.5) is 16.0 Å². The molecule has 2 aromatic rings. The molecular formula is C14H17FN4. The van der Waals surface area contributed by atoms with E-state index in [0.29, 0.717) is 0 Å². The van der Waals surface area contributed by atoms with Crippen molar-refractivity contribution in [2.45, 2.75) is 19.4 Å². The van der Waals surface area contributed by atoms with Crippen molar-refractivity contribution in [2.75, 3.05) is 17.7 Å². The lowest BCUT2D eigenvalue weighted by Gasteiger charge is -2.14. The normalized spacial score (nSPS) is 11.9. The number of aromatic nitrogens is 2. The topological polar surface area (TPSA) is 49.8 Å². The molecule has 1 unspecified atom stereocenters. The molecular weight excluding hydrogens is 243 g/mol. The van der Waals surface area contributed by atoms with Gasteiger partial charge in [0.1, 0.15) is 17.5 Å². The largest absolute Gasteiger partial charge is 0.372 e. The number of nitrogens with one attached hydrogen (secondary N) is 2. The van der Waals surface area contributed by atoms with Crippen molar-refractivity contribution in [2.24, 2.45) is 0 Å². The molecule has 0 spiro atoms. The molecule has 0 radical (unpaired) electrons. The van der Waals surface area contributed by atoms with E-state index in [1.807, 2.05) is 0 Å². The first-order valence-corrected chi connectivity index (χ1v) is 6.18. The second-order valence-electron chi connectivity index (χ2n) is 4.42. The molecule has 0 bridgehead atoms. The maximum absolute atomic E-state index is 12.8. The van der Waals surface area contributed by atoms with Gasteiger partial charge >= 0.3 is 0 Å². The predicted molar refractivity (Wildman–Crippen MR) is 74.8 cm³/mol. The lowest BCUT2D eigenvalue weighted by Crippen LogP contribution is -2.19. The quantitative estimate of drug-likeness (QED) is 0.868. The number of nitrogens with zero attached hydrogens (tertiary/aromatic N) is 2. The third kappa shape index (κ3) is 3.91. The summed E-state index contributed by atoms with van der Waals surface area (Å²) in [5.74, 6) is 1.23. The van der Waals surface area contributed by atoms with Gasteiger partial charge in [0.15, 0.2) is 0 Å². The van der Waals surface area contributed by atoms with Gasteiger partial charge in [-0.2, -0.15) is 0 Å². The smallest absolute Gasteiger partial charge is 0.147 e. The minimum atomic E-state index is -0.211. The lowest BCUT2D eigenvalue weighted by molar-refractivity contribution is 0.626. The summed E-state index contributed by atoms with van der Waals surface area (Å²) >= 11 is 0. The highest BCUT2D eigenvalue weighted by molar-refractivity contribution is 5.41. The molecule has 1 aromatic carbocycles. The Hall–Kier alpha value is -2.17. The van der Waals surface area contributed by atoms with Gasteiger partial charge in [0.05, 0.1) is 12.4 Å². The van der Waals surface area contributed by atoms with Gasteiger partial charge in [0.25, 0.3) is 0 Å². The van der Waals surface area contributed by atoms with E-state index in [-0.39, 0.29) is 11.9 Å². The molecule has 1 atom stereocenters. The van der Waals surface area contributed by atoms with Gasteiger partial charge in [-0.15, -0.1) is 0 Å². The van der Waals surface area contributed by atoms with Crippen molar-refractivity contribution in [1.29, 1.82) is 0 Å². The van der Waals surface area contributed by atoms with Crippen LogP contribution < -0.4 is 10.6 Å². The molecule has 0 aliphatic carbocycles. The highest BCUT2D eigenvalue weighted by Crippen LogP contribution is 2.11. The SMILES string of the molecule is CNc1cncc(NC(C)Cc2ccc(F)cc2)n1. The van der Waals surface area contributed by atoms with E-state index in [9.17, 15) is 4.39 Å². The zero-order valence-corrected chi connectivity index (χ0v) is 11.0. The molecule has 1 aromatic heterocycles. The van der Waals surface area contributed by atoms with Crippen LogP contribution in [0.25, 0.3) is 0 Å². The van der Waals surface area contributed by atoms with Gasteiger partial charge in [-0.05, 0) is 31.0 Å². The van der Waals surface area contributed by atoms with E-state index in [2.05, 4.69) is 27.5 Å². The molecule has 4 nitrogen and oxygen atoms in total. The predicted octanol–water partition coefficient (Wildman–Crippen LogP) is 2.70. The average Bonchev–Trinajstić information content (AvgIpc) is 2.41. The number of anilines is 2. The standard InChI is InChI=1S/C14H17FN4/c1-10(7-11-3-5-12(15)6-4-11)18-14-9-17-8-13(16-2)19-14/h3-6,8-10H,7H2,1-2H3,(H2,16,18,19). The molecule has 100 valence electrons. The van der Waals surface area contributed by atoms with Crippen molar-refractivity contribution in [1.82, 2.24) is 9.97 Å². The van der Waals surface area contributed by atoms with Crippen LogP contribution in [0.15, 0.2) is 36.7 Å². The van der Waals surface area contributed by atoms with Gasteiger partial charge < -0.3 is 10.6 Å². The summed E-state index contributed by atoms with van der Waals surface area (Å²) in [5.41, 5.74) is 1.08. The van der Waals surface area contributed by atoms with E-state index in [4.69, 9.17) is 0 Å². The Bertz CT molecular complexity index is 527. The first kappa shape index (κ1) is 13.3. The third-order valence-corrected chi connectivity index (χ3v) is 2.74. The van der Waals surface area contributed by atoms with Gasteiger partial charge in [-0.1, -0.05) is 12.1 Å². The third-order valence-electron chi connectivity index (χ3n) is 2.74. The Balaban J connectivity index is 1.96. The van der Waals surface area contributed by atoms with Crippen LogP contribution in [0, 0.1) is 5.82 Å². The van der Waals surface area contributed by atoms with E-state index in [1.165, 1.54) is 12.1 Å². The maximum atomic E-state index is 12.8. The fourth-order valence-electron chi connectivity index (χ4n) is 1.83. The van der Waals surface area contributed by atoms with E-state index in [1.54, 1.807) is 31.6 Å². The lowest BCUT2D eigenvalue weighted by atomic mass is 10.1. The number of rotatable bonds is 5. The number of halogens is 1. The Labute approximate surface area is 112 Å². The Kier molecular flexibility index (Phi) is 4.28. The van der Waals surface area contributed by atoms with Crippen molar-refractivity contribution in [3.63, 3.8) is 0 Å². The molecule has 0 amide bonds. The second kappa shape index (κ2) is 6.13. The first-order valence-electron chi connectivity index (χ1n) is 6.18. The highest BCUT2D eigenvalue weighted by Gasteiger charge is 2.05. The van der Waals surface area contributed by atoms with Crippen molar-refractivity contribution < 1.29 is 4.39 Å². The van der Waals surface area contributed by atoms with Crippen LogP contribution in [0.5, 0.6) is 0 Å². The van der Waals surface area contributed by atoms with Crippen LogP contribution in [0.1, 0.15) is 12.5 Å². The highest BCUT2D eigenvalue weighted by atomic mass is 19.1. The molecule has 0 saturated carbocycles. The van der Waals surface area contributed by atoms with E-state index in [0.717, 1.165) is 23.6 Å². The van der Waals surface area contributed by atoms with Crippen LogP contribution >= 0.6 is 0 Å². The summed E-state index contributed by atoms with van der Waals surface area (Å²) in [6, 6.07) is 6.73. The molecule has 0 aliphatic heterocycles. The zero-order valence-electron chi connectivity index (χ0n) is 11.0.